The number of carbonyl (C=O) groups is 1. The number of benzene rings is 1. The number of aliphatic imine (C=N–C) groups is 1. The van der Waals surface area contributed by atoms with Crippen LogP contribution in [0, 0.1) is 0 Å². The van der Waals surface area contributed by atoms with Gasteiger partial charge < -0.3 is 20.4 Å². The molecule has 7 nitrogen and oxygen atoms in total. The molecule has 5 rings (SSSR count). The Hall–Kier alpha value is -3.22. The molecule has 1 aliphatic carbocycles. The molecule has 1 atom stereocenters. The number of urea groups is 1. The van der Waals surface area contributed by atoms with Gasteiger partial charge in [0, 0.05) is 37.9 Å². The normalized spacial score (nSPS) is 23.4. The molecule has 3 N–H and O–H groups in total. The van der Waals surface area contributed by atoms with E-state index in [0.29, 0.717) is 11.9 Å². The summed E-state index contributed by atoms with van der Waals surface area (Å²) in [7, 11) is 0. The van der Waals surface area contributed by atoms with Gasteiger partial charge in [-0.1, -0.05) is 31.0 Å². The van der Waals surface area contributed by atoms with Crippen LogP contribution in [0.3, 0.4) is 0 Å². The van der Waals surface area contributed by atoms with E-state index in [0.717, 1.165) is 50.4 Å². The van der Waals surface area contributed by atoms with Crippen molar-refractivity contribution in [3.63, 3.8) is 0 Å². The molecule has 7 heteroatoms. The summed E-state index contributed by atoms with van der Waals surface area (Å²) in [6.45, 7) is 3.90. The molecule has 1 unspecified atom stereocenters. The molecule has 3 aliphatic heterocycles. The first-order valence-electron chi connectivity index (χ1n) is 11.3. The largest absolute Gasteiger partial charge is 0.368 e. The molecule has 1 aromatic carbocycles. The van der Waals surface area contributed by atoms with Crippen LogP contribution in [0.4, 0.5) is 10.5 Å². The Morgan fingerprint density at radius 3 is 2.52 bits per heavy atom. The minimum Gasteiger partial charge on any atom is -0.368 e. The van der Waals surface area contributed by atoms with E-state index in [4.69, 9.17) is 0 Å². The highest BCUT2D eigenvalue weighted by Crippen LogP contribution is 2.23. The van der Waals surface area contributed by atoms with Gasteiger partial charge in [0.15, 0.2) is 0 Å². The second kappa shape index (κ2) is 8.88. The van der Waals surface area contributed by atoms with Crippen molar-refractivity contribution in [3.05, 3.63) is 65.8 Å². The number of nitrogens with one attached hydrogen (secondary N) is 3. The molecule has 0 bridgehead atoms. The number of allylic oxidation sites excluding steroid dienone is 3. The van der Waals surface area contributed by atoms with Gasteiger partial charge in [-0.2, -0.15) is 0 Å². The van der Waals surface area contributed by atoms with E-state index >= 15 is 0 Å². The quantitative estimate of drug-likeness (QED) is 0.703. The van der Waals surface area contributed by atoms with Crippen LogP contribution in [0.1, 0.15) is 25.7 Å². The number of hydrogen-bond acceptors (Lipinski definition) is 5. The van der Waals surface area contributed by atoms with Crippen molar-refractivity contribution in [1.29, 1.82) is 0 Å². The van der Waals surface area contributed by atoms with Gasteiger partial charge in [-0.05, 0) is 43.2 Å². The Morgan fingerprint density at radius 2 is 1.74 bits per heavy atom. The Balaban J connectivity index is 1.17. The standard InChI is InChI=1S/C24H30N6O/c31-24(26-18-6-4-5-7-18)28-23-11-10-21-22(27-23)16-20(17-25-21)30-14-12-29(13-15-30)19-8-2-1-3-9-19/h1-3,8-11,16-18,22,27H,4-7,12-15H2,(H2,26,28,31). The van der Waals surface area contributed by atoms with Gasteiger partial charge in [0.25, 0.3) is 0 Å². The molecule has 2 fully saturated rings. The van der Waals surface area contributed by atoms with Crippen LogP contribution in [0.2, 0.25) is 0 Å². The lowest BCUT2D eigenvalue weighted by atomic mass is 10.1. The van der Waals surface area contributed by atoms with Crippen molar-refractivity contribution in [2.75, 3.05) is 31.1 Å². The van der Waals surface area contributed by atoms with Crippen molar-refractivity contribution in [2.45, 2.75) is 37.8 Å². The summed E-state index contributed by atoms with van der Waals surface area (Å²) in [5.41, 5.74) is 3.39. The van der Waals surface area contributed by atoms with E-state index < -0.39 is 0 Å². The minimum absolute atomic E-state index is 0.0288. The smallest absolute Gasteiger partial charge is 0.320 e. The highest BCUT2D eigenvalue weighted by atomic mass is 16.2. The van der Waals surface area contributed by atoms with Gasteiger partial charge in [0.1, 0.15) is 5.82 Å². The average molecular weight is 419 g/mol. The number of nitrogens with zero attached hydrogens (tertiary/aromatic N) is 3. The fourth-order valence-electron chi connectivity index (χ4n) is 4.71. The Bertz CT molecular complexity index is 921. The van der Waals surface area contributed by atoms with Gasteiger partial charge >= 0.3 is 6.03 Å². The van der Waals surface area contributed by atoms with Crippen molar-refractivity contribution >= 4 is 17.9 Å². The first-order chi connectivity index (χ1) is 15.2. The van der Waals surface area contributed by atoms with E-state index in [1.54, 1.807) is 0 Å². The first-order valence-corrected chi connectivity index (χ1v) is 11.3. The van der Waals surface area contributed by atoms with Crippen LogP contribution in [0.15, 0.2) is 70.8 Å². The summed E-state index contributed by atoms with van der Waals surface area (Å²) in [4.78, 5) is 21.8. The SMILES string of the molecule is O=C(NC1=CC=C2N=CC(N3CCN(c4ccccc4)CC3)=CC2N1)NC1CCCC1. The molecule has 4 aliphatic rings. The molecular formula is C24H30N6O. The molecule has 1 saturated carbocycles. The Labute approximate surface area is 183 Å². The van der Waals surface area contributed by atoms with Gasteiger partial charge in [-0.25, -0.2) is 4.79 Å². The highest BCUT2D eigenvalue weighted by Gasteiger charge is 2.25. The number of amides is 2. The lowest BCUT2D eigenvalue weighted by Crippen LogP contribution is -2.48. The summed E-state index contributed by atoms with van der Waals surface area (Å²) < 4.78 is 0. The predicted octanol–water partition coefficient (Wildman–Crippen LogP) is 2.72. The van der Waals surface area contributed by atoms with Crippen LogP contribution in [-0.2, 0) is 0 Å². The molecule has 1 saturated heterocycles. The zero-order chi connectivity index (χ0) is 21.0. The number of anilines is 1. The monoisotopic (exact) mass is 418 g/mol. The van der Waals surface area contributed by atoms with Crippen LogP contribution >= 0.6 is 0 Å². The molecule has 3 heterocycles. The summed E-state index contributed by atoms with van der Waals surface area (Å²) in [5, 5.41) is 9.43. The summed E-state index contributed by atoms with van der Waals surface area (Å²) in [5.74, 6) is 0.714. The van der Waals surface area contributed by atoms with Gasteiger partial charge in [-0.15, -0.1) is 0 Å². The first kappa shape index (κ1) is 19.7. The van der Waals surface area contributed by atoms with Crippen LogP contribution < -0.4 is 20.9 Å². The Kier molecular flexibility index (Phi) is 5.65. The van der Waals surface area contributed by atoms with Crippen LogP contribution in [0.5, 0.6) is 0 Å². The van der Waals surface area contributed by atoms with Crippen LogP contribution in [0.25, 0.3) is 0 Å². The topological polar surface area (TPSA) is 72.0 Å². The molecule has 1 aromatic rings. The Morgan fingerprint density at radius 1 is 1.00 bits per heavy atom. The number of para-hydroxylation sites is 1. The maximum absolute atomic E-state index is 12.3. The van der Waals surface area contributed by atoms with Crippen molar-refractivity contribution in [2.24, 2.45) is 4.99 Å². The van der Waals surface area contributed by atoms with Gasteiger partial charge in [0.05, 0.1) is 23.7 Å². The van der Waals surface area contributed by atoms with E-state index in [2.05, 4.69) is 67.2 Å². The number of piperazine rings is 1. The van der Waals surface area contributed by atoms with E-state index in [9.17, 15) is 4.79 Å². The van der Waals surface area contributed by atoms with Crippen molar-refractivity contribution < 1.29 is 4.79 Å². The third-order valence-electron chi connectivity index (χ3n) is 6.44. The zero-order valence-electron chi connectivity index (χ0n) is 17.8. The second-order valence-corrected chi connectivity index (χ2v) is 8.53. The summed E-state index contributed by atoms with van der Waals surface area (Å²) in [6.07, 6.45) is 12.6. The number of hydrogen-bond donors (Lipinski definition) is 3. The fourth-order valence-corrected chi connectivity index (χ4v) is 4.71. The van der Waals surface area contributed by atoms with Crippen LogP contribution in [-0.4, -0.2) is 55.4 Å². The predicted molar refractivity (Wildman–Crippen MR) is 124 cm³/mol. The third-order valence-corrected chi connectivity index (χ3v) is 6.44. The lowest BCUT2D eigenvalue weighted by molar-refractivity contribution is 0.239. The van der Waals surface area contributed by atoms with Crippen molar-refractivity contribution in [3.8, 4) is 0 Å². The average Bonchev–Trinajstić information content (AvgIpc) is 3.32. The minimum atomic E-state index is -0.136. The number of dihydropyridines is 2. The lowest BCUT2D eigenvalue weighted by Gasteiger charge is -2.39. The molecular weight excluding hydrogens is 388 g/mol. The van der Waals surface area contributed by atoms with Gasteiger partial charge in [0.2, 0.25) is 0 Å². The van der Waals surface area contributed by atoms with Crippen molar-refractivity contribution in [1.82, 2.24) is 20.9 Å². The number of fused-ring (bicyclic) bond motifs is 1. The van der Waals surface area contributed by atoms with E-state index in [1.807, 2.05) is 18.4 Å². The molecule has 0 radical (unpaired) electrons. The van der Waals surface area contributed by atoms with E-state index in [1.165, 1.54) is 18.5 Å². The summed E-state index contributed by atoms with van der Waals surface area (Å²) >= 11 is 0. The summed E-state index contributed by atoms with van der Waals surface area (Å²) in [6, 6.07) is 10.7. The van der Waals surface area contributed by atoms with Gasteiger partial charge in [-0.3, -0.25) is 10.3 Å². The third kappa shape index (κ3) is 4.60. The maximum Gasteiger partial charge on any atom is 0.320 e. The number of rotatable bonds is 4. The molecule has 0 spiro atoms. The zero-order valence-corrected chi connectivity index (χ0v) is 17.8. The van der Waals surface area contributed by atoms with E-state index in [-0.39, 0.29) is 12.1 Å². The fraction of sp³-hybridized carbons (Fsp3) is 0.417. The highest BCUT2D eigenvalue weighted by molar-refractivity contribution is 5.81. The molecule has 2 amide bonds. The second-order valence-electron chi connectivity index (χ2n) is 8.53. The molecule has 31 heavy (non-hydrogen) atoms. The molecule has 0 aromatic heterocycles. The number of carbonyl (C=O) groups excluding carboxylic acids is 1. The maximum atomic E-state index is 12.3. The molecule has 162 valence electrons.